The summed E-state index contributed by atoms with van der Waals surface area (Å²) >= 11 is 9.50. The molecule has 2 aromatic heterocycles. The number of hydrogen-bond donors (Lipinski definition) is 1. The molecule has 0 spiro atoms. The van der Waals surface area contributed by atoms with Crippen LogP contribution in [0.5, 0.6) is 5.88 Å². The molecule has 0 radical (unpaired) electrons. The van der Waals surface area contributed by atoms with Gasteiger partial charge in [0.2, 0.25) is 5.88 Å². The molecule has 3 rings (SSSR count). The van der Waals surface area contributed by atoms with Gasteiger partial charge < -0.3 is 9.72 Å². The number of halogens is 2. The molecule has 0 saturated carbocycles. The van der Waals surface area contributed by atoms with Gasteiger partial charge in [-0.1, -0.05) is 27.5 Å². The molecule has 0 unspecified atom stereocenters. The average Bonchev–Trinajstić information content (AvgIpc) is 2.83. The summed E-state index contributed by atoms with van der Waals surface area (Å²) in [7, 11) is 1.58. The Morgan fingerprint density at radius 3 is 2.84 bits per heavy atom. The maximum absolute atomic E-state index is 6.01. The monoisotopic (exact) mass is 337 g/mol. The van der Waals surface area contributed by atoms with Crippen molar-refractivity contribution in [1.82, 2.24) is 15.0 Å². The molecule has 6 heteroatoms. The molecule has 96 valence electrons. The Morgan fingerprint density at radius 2 is 2.05 bits per heavy atom. The average molecular weight is 339 g/mol. The van der Waals surface area contributed by atoms with Crippen molar-refractivity contribution >= 4 is 38.7 Å². The third-order valence-corrected chi connectivity index (χ3v) is 3.64. The van der Waals surface area contributed by atoms with E-state index in [1.54, 1.807) is 13.2 Å². The lowest BCUT2D eigenvalue weighted by Gasteiger charge is -2.00. The van der Waals surface area contributed by atoms with Gasteiger partial charge >= 0.3 is 0 Å². The van der Waals surface area contributed by atoms with Crippen LogP contribution in [0, 0.1) is 0 Å². The van der Waals surface area contributed by atoms with E-state index in [4.69, 9.17) is 16.3 Å². The van der Waals surface area contributed by atoms with Gasteiger partial charge in [-0.15, -0.1) is 0 Å². The highest BCUT2D eigenvalue weighted by atomic mass is 79.9. The smallest absolute Gasteiger partial charge is 0.215 e. The summed E-state index contributed by atoms with van der Waals surface area (Å²) in [5.74, 6) is 1.25. The van der Waals surface area contributed by atoms with E-state index in [1.807, 2.05) is 24.3 Å². The second-order valence-electron chi connectivity index (χ2n) is 3.93. The van der Waals surface area contributed by atoms with Crippen LogP contribution in [0.4, 0.5) is 0 Å². The van der Waals surface area contributed by atoms with Crippen LogP contribution in [0.3, 0.4) is 0 Å². The standard InChI is InChI=1S/C13H9BrClN3O/c1-19-11-5-4-10-13(17-11)18-12(16-10)8-6-7(15)2-3-9(8)14/h2-6H,1H3,(H,16,17,18). The number of fused-ring (bicyclic) bond motifs is 1. The molecule has 0 aliphatic carbocycles. The fraction of sp³-hybridized carbons (Fsp3) is 0.0769. The van der Waals surface area contributed by atoms with Gasteiger partial charge in [0.05, 0.1) is 12.6 Å². The Balaban J connectivity index is 2.17. The number of hydrogen-bond acceptors (Lipinski definition) is 3. The van der Waals surface area contributed by atoms with E-state index in [0.717, 1.165) is 15.6 Å². The van der Waals surface area contributed by atoms with E-state index in [1.165, 1.54) is 0 Å². The minimum absolute atomic E-state index is 0.538. The van der Waals surface area contributed by atoms with E-state index < -0.39 is 0 Å². The van der Waals surface area contributed by atoms with Crippen LogP contribution in [0.1, 0.15) is 0 Å². The molecule has 0 aliphatic rings. The third kappa shape index (κ3) is 2.31. The van der Waals surface area contributed by atoms with Crippen molar-refractivity contribution in [3.63, 3.8) is 0 Å². The summed E-state index contributed by atoms with van der Waals surface area (Å²) in [6.45, 7) is 0. The zero-order valence-corrected chi connectivity index (χ0v) is 12.3. The first kappa shape index (κ1) is 12.4. The first-order valence-electron chi connectivity index (χ1n) is 5.53. The summed E-state index contributed by atoms with van der Waals surface area (Å²) in [6, 6.07) is 9.23. The van der Waals surface area contributed by atoms with Crippen molar-refractivity contribution in [3.8, 4) is 17.3 Å². The zero-order chi connectivity index (χ0) is 13.4. The SMILES string of the molecule is COc1ccc2[nH]c(-c3cc(Cl)ccc3Br)nc2n1. The number of pyridine rings is 1. The number of H-pyrrole nitrogens is 1. The van der Waals surface area contributed by atoms with Crippen LogP contribution >= 0.6 is 27.5 Å². The van der Waals surface area contributed by atoms with E-state index in [-0.39, 0.29) is 0 Å². The van der Waals surface area contributed by atoms with Crippen LogP contribution in [-0.2, 0) is 0 Å². The minimum atomic E-state index is 0.538. The van der Waals surface area contributed by atoms with Crippen molar-refractivity contribution in [2.75, 3.05) is 7.11 Å². The zero-order valence-electron chi connectivity index (χ0n) is 9.95. The van der Waals surface area contributed by atoms with Gasteiger partial charge in [0.1, 0.15) is 5.82 Å². The number of ether oxygens (including phenoxy) is 1. The molecule has 19 heavy (non-hydrogen) atoms. The van der Waals surface area contributed by atoms with Crippen molar-refractivity contribution in [3.05, 3.63) is 39.8 Å². The van der Waals surface area contributed by atoms with Gasteiger partial charge in [-0.2, -0.15) is 4.98 Å². The molecule has 2 heterocycles. The normalized spacial score (nSPS) is 10.9. The molecule has 0 fully saturated rings. The Labute approximate surface area is 122 Å². The number of nitrogens with one attached hydrogen (secondary N) is 1. The number of aromatic nitrogens is 3. The Bertz CT molecular complexity index is 757. The lowest BCUT2D eigenvalue weighted by Crippen LogP contribution is -1.86. The first-order valence-corrected chi connectivity index (χ1v) is 6.70. The second kappa shape index (κ2) is 4.83. The molecule has 3 aromatic rings. The molecule has 0 saturated heterocycles. The summed E-state index contributed by atoms with van der Waals surface area (Å²) in [6.07, 6.45) is 0. The maximum atomic E-state index is 6.01. The Hall–Kier alpha value is -1.59. The molecule has 0 aliphatic heterocycles. The molecule has 1 N–H and O–H groups in total. The molecular formula is C13H9BrClN3O. The summed E-state index contributed by atoms with van der Waals surface area (Å²) < 4.78 is 6.00. The van der Waals surface area contributed by atoms with Crippen molar-refractivity contribution in [2.45, 2.75) is 0 Å². The Morgan fingerprint density at radius 1 is 1.21 bits per heavy atom. The summed E-state index contributed by atoms with van der Waals surface area (Å²) in [5, 5.41) is 0.657. The quantitative estimate of drug-likeness (QED) is 0.767. The highest BCUT2D eigenvalue weighted by Crippen LogP contribution is 2.30. The first-order chi connectivity index (χ1) is 9.17. The number of benzene rings is 1. The highest BCUT2D eigenvalue weighted by Gasteiger charge is 2.10. The van der Waals surface area contributed by atoms with Crippen LogP contribution in [-0.4, -0.2) is 22.1 Å². The predicted molar refractivity (Wildman–Crippen MR) is 78.6 cm³/mol. The lowest BCUT2D eigenvalue weighted by molar-refractivity contribution is 0.399. The number of methoxy groups -OCH3 is 1. The van der Waals surface area contributed by atoms with Crippen LogP contribution < -0.4 is 4.74 Å². The van der Waals surface area contributed by atoms with Gasteiger partial charge in [-0.05, 0) is 24.3 Å². The van der Waals surface area contributed by atoms with Gasteiger partial charge in [0.15, 0.2) is 5.65 Å². The molecular weight excluding hydrogens is 330 g/mol. The summed E-state index contributed by atoms with van der Waals surface area (Å²) in [4.78, 5) is 12.0. The topological polar surface area (TPSA) is 50.8 Å². The predicted octanol–water partition coefficient (Wildman–Crippen LogP) is 4.05. The largest absolute Gasteiger partial charge is 0.481 e. The number of imidazole rings is 1. The van der Waals surface area contributed by atoms with Gasteiger partial charge in [0.25, 0.3) is 0 Å². The second-order valence-corrected chi connectivity index (χ2v) is 5.23. The molecule has 0 amide bonds. The van der Waals surface area contributed by atoms with E-state index in [0.29, 0.717) is 22.4 Å². The maximum Gasteiger partial charge on any atom is 0.215 e. The van der Waals surface area contributed by atoms with Crippen molar-refractivity contribution < 1.29 is 4.74 Å². The lowest BCUT2D eigenvalue weighted by atomic mass is 10.2. The van der Waals surface area contributed by atoms with Crippen molar-refractivity contribution in [1.29, 1.82) is 0 Å². The fourth-order valence-electron chi connectivity index (χ4n) is 1.80. The van der Waals surface area contributed by atoms with Crippen LogP contribution in [0.25, 0.3) is 22.6 Å². The van der Waals surface area contributed by atoms with Gasteiger partial charge in [0, 0.05) is 21.1 Å². The van der Waals surface area contributed by atoms with Crippen LogP contribution in [0.2, 0.25) is 5.02 Å². The molecule has 4 nitrogen and oxygen atoms in total. The number of nitrogens with zero attached hydrogens (tertiary/aromatic N) is 2. The van der Waals surface area contributed by atoms with E-state index >= 15 is 0 Å². The molecule has 0 bridgehead atoms. The number of rotatable bonds is 2. The molecule has 0 atom stereocenters. The molecule has 1 aromatic carbocycles. The van der Waals surface area contributed by atoms with Crippen molar-refractivity contribution in [2.24, 2.45) is 0 Å². The number of aromatic amines is 1. The van der Waals surface area contributed by atoms with Gasteiger partial charge in [-0.25, -0.2) is 4.98 Å². The highest BCUT2D eigenvalue weighted by molar-refractivity contribution is 9.10. The third-order valence-electron chi connectivity index (χ3n) is 2.71. The Kier molecular flexibility index (Phi) is 3.16. The van der Waals surface area contributed by atoms with Gasteiger partial charge in [-0.3, -0.25) is 0 Å². The van der Waals surface area contributed by atoms with E-state index in [9.17, 15) is 0 Å². The fourth-order valence-corrected chi connectivity index (χ4v) is 2.40. The summed E-state index contributed by atoms with van der Waals surface area (Å²) in [5.41, 5.74) is 2.35. The van der Waals surface area contributed by atoms with Crippen LogP contribution in [0.15, 0.2) is 34.8 Å². The minimum Gasteiger partial charge on any atom is -0.481 e. The van der Waals surface area contributed by atoms with E-state index in [2.05, 4.69) is 30.9 Å².